The standard InChI is InChI=1S/C20H31N3O2/c1-3-18(25-19-5-13-24-14-6-19)4-2-17(1)15-23-11-7-20(8-12-23)16-21-9-10-22-20/h1-4,19,21-22H,5-16H2. The second-order valence-corrected chi connectivity index (χ2v) is 7.73. The Morgan fingerprint density at radius 1 is 1.08 bits per heavy atom. The Morgan fingerprint density at radius 2 is 1.84 bits per heavy atom. The lowest BCUT2D eigenvalue weighted by Gasteiger charge is -2.45. The van der Waals surface area contributed by atoms with Gasteiger partial charge in [0.05, 0.1) is 13.2 Å². The van der Waals surface area contributed by atoms with Crippen LogP contribution in [0.5, 0.6) is 5.75 Å². The minimum Gasteiger partial charge on any atom is -0.490 e. The number of benzene rings is 1. The smallest absolute Gasteiger partial charge is 0.119 e. The van der Waals surface area contributed by atoms with E-state index in [0.29, 0.717) is 11.6 Å². The number of hydrogen-bond donors (Lipinski definition) is 2. The van der Waals surface area contributed by atoms with Crippen molar-refractivity contribution in [3.8, 4) is 5.75 Å². The highest BCUT2D eigenvalue weighted by atomic mass is 16.5. The highest BCUT2D eigenvalue weighted by Gasteiger charge is 2.35. The molecule has 0 bridgehead atoms. The quantitative estimate of drug-likeness (QED) is 0.871. The Kier molecular flexibility index (Phi) is 5.56. The van der Waals surface area contributed by atoms with E-state index in [1.54, 1.807) is 0 Å². The highest BCUT2D eigenvalue weighted by Crippen LogP contribution is 2.25. The van der Waals surface area contributed by atoms with E-state index in [4.69, 9.17) is 9.47 Å². The zero-order valence-corrected chi connectivity index (χ0v) is 15.1. The Morgan fingerprint density at radius 3 is 2.52 bits per heavy atom. The molecule has 4 rings (SSSR count). The molecular formula is C20H31N3O2. The second-order valence-electron chi connectivity index (χ2n) is 7.73. The highest BCUT2D eigenvalue weighted by molar-refractivity contribution is 5.27. The largest absolute Gasteiger partial charge is 0.490 e. The normalized spacial score (nSPS) is 25.1. The molecule has 3 aliphatic rings. The number of likely N-dealkylation sites (tertiary alicyclic amines) is 1. The number of hydrogen-bond acceptors (Lipinski definition) is 5. The van der Waals surface area contributed by atoms with E-state index < -0.39 is 0 Å². The summed E-state index contributed by atoms with van der Waals surface area (Å²) in [5, 5.41) is 7.30. The van der Waals surface area contributed by atoms with Crippen LogP contribution in [-0.2, 0) is 11.3 Å². The molecule has 0 amide bonds. The summed E-state index contributed by atoms with van der Waals surface area (Å²) in [4.78, 5) is 2.58. The molecule has 0 unspecified atom stereocenters. The van der Waals surface area contributed by atoms with Crippen LogP contribution in [0.4, 0.5) is 0 Å². The van der Waals surface area contributed by atoms with Crippen molar-refractivity contribution in [2.45, 2.75) is 43.9 Å². The number of nitrogens with zero attached hydrogens (tertiary/aromatic N) is 1. The minimum atomic E-state index is 0.314. The molecule has 0 aromatic heterocycles. The summed E-state index contributed by atoms with van der Waals surface area (Å²) in [7, 11) is 0. The van der Waals surface area contributed by atoms with Gasteiger partial charge in [0.2, 0.25) is 0 Å². The third-order valence-electron chi connectivity index (χ3n) is 5.88. The summed E-state index contributed by atoms with van der Waals surface area (Å²) in [6, 6.07) is 8.70. The maximum Gasteiger partial charge on any atom is 0.119 e. The third-order valence-corrected chi connectivity index (χ3v) is 5.88. The lowest BCUT2D eigenvalue weighted by atomic mass is 9.86. The summed E-state index contributed by atoms with van der Waals surface area (Å²) in [6.45, 7) is 8.37. The number of piperidine rings is 1. The topological polar surface area (TPSA) is 45.8 Å². The van der Waals surface area contributed by atoms with Crippen molar-refractivity contribution in [1.82, 2.24) is 15.5 Å². The molecule has 5 nitrogen and oxygen atoms in total. The second kappa shape index (κ2) is 8.04. The fraction of sp³-hybridized carbons (Fsp3) is 0.700. The third kappa shape index (κ3) is 4.53. The molecule has 2 N–H and O–H groups in total. The molecule has 0 saturated carbocycles. The lowest BCUT2D eigenvalue weighted by Crippen LogP contribution is -2.63. The van der Waals surface area contributed by atoms with Crippen molar-refractivity contribution in [2.75, 3.05) is 45.9 Å². The van der Waals surface area contributed by atoms with Gasteiger partial charge in [0.15, 0.2) is 0 Å². The van der Waals surface area contributed by atoms with E-state index in [-0.39, 0.29) is 0 Å². The van der Waals surface area contributed by atoms with E-state index in [1.165, 1.54) is 31.5 Å². The average molecular weight is 345 g/mol. The van der Waals surface area contributed by atoms with Crippen molar-refractivity contribution >= 4 is 0 Å². The fourth-order valence-corrected chi connectivity index (χ4v) is 4.22. The monoisotopic (exact) mass is 345 g/mol. The van der Waals surface area contributed by atoms with Crippen molar-refractivity contribution in [3.05, 3.63) is 29.8 Å². The van der Waals surface area contributed by atoms with Gasteiger partial charge in [-0.25, -0.2) is 0 Å². The van der Waals surface area contributed by atoms with E-state index in [0.717, 1.165) is 58.0 Å². The van der Waals surface area contributed by atoms with Crippen LogP contribution >= 0.6 is 0 Å². The zero-order valence-electron chi connectivity index (χ0n) is 15.1. The average Bonchev–Trinajstić information content (AvgIpc) is 2.67. The molecule has 1 aromatic rings. The van der Waals surface area contributed by atoms with E-state index in [2.05, 4.69) is 39.8 Å². The molecule has 25 heavy (non-hydrogen) atoms. The van der Waals surface area contributed by atoms with Crippen LogP contribution in [0, 0.1) is 0 Å². The molecule has 0 atom stereocenters. The van der Waals surface area contributed by atoms with Gasteiger partial charge in [-0.1, -0.05) is 12.1 Å². The Hall–Kier alpha value is -1.14. The predicted molar refractivity (Wildman–Crippen MR) is 99.0 cm³/mol. The molecule has 3 heterocycles. The fourth-order valence-electron chi connectivity index (χ4n) is 4.22. The van der Waals surface area contributed by atoms with Crippen LogP contribution in [0.2, 0.25) is 0 Å². The maximum atomic E-state index is 6.07. The van der Waals surface area contributed by atoms with Gasteiger partial charge in [-0.15, -0.1) is 0 Å². The predicted octanol–water partition coefficient (Wildman–Crippen LogP) is 1.77. The minimum absolute atomic E-state index is 0.314. The molecule has 5 heteroatoms. The van der Waals surface area contributed by atoms with Gasteiger partial charge in [-0.05, 0) is 30.5 Å². The zero-order chi connectivity index (χ0) is 17.0. The Labute approximate surface area is 151 Å². The van der Waals surface area contributed by atoms with Gasteiger partial charge >= 0.3 is 0 Å². The first kappa shape index (κ1) is 17.3. The maximum absolute atomic E-state index is 6.07. The molecule has 0 aliphatic carbocycles. The van der Waals surface area contributed by atoms with E-state index >= 15 is 0 Å². The van der Waals surface area contributed by atoms with Crippen molar-refractivity contribution in [1.29, 1.82) is 0 Å². The van der Waals surface area contributed by atoms with Gasteiger partial charge in [-0.3, -0.25) is 4.90 Å². The summed E-state index contributed by atoms with van der Waals surface area (Å²) in [6.07, 6.45) is 4.80. The van der Waals surface area contributed by atoms with Gasteiger partial charge in [0, 0.05) is 57.6 Å². The Balaban J connectivity index is 1.25. The number of piperazine rings is 1. The number of rotatable bonds is 4. The molecule has 0 radical (unpaired) electrons. The molecule has 3 aliphatic heterocycles. The van der Waals surface area contributed by atoms with Crippen molar-refractivity contribution < 1.29 is 9.47 Å². The van der Waals surface area contributed by atoms with E-state index in [1.807, 2.05) is 0 Å². The molecule has 138 valence electrons. The molecule has 1 spiro atoms. The van der Waals surface area contributed by atoms with Gasteiger partial charge in [-0.2, -0.15) is 0 Å². The lowest BCUT2D eigenvalue weighted by molar-refractivity contribution is 0.0255. The molecular weight excluding hydrogens is 314 g/mol. The first-order valence-electron chi connectivity index (χ1n) is 9.83. The van der Waals surface area contributed by atoms with Crippen LogP contribution in [0.1, 0.15) is 31.2 Å². The van der Waals surface area contributed by atoms with Crippen LogP contribution < -0.4 is 15.4 Å². The first-order valence-corrected chi connectivity index (χ1v) is 9.83. The van der Waals surface area contributed by atoms with Gasteiger partial charge in [0.1, 0.15) is 11.9 Å². The van der Waals surface area contributed by atoms with Crippen molar-refractivity contribution in [3.63, 3.8) is 0 Å². The number of ether oxygens (including phenoxy) is 2. The summed E-state index contributed by atoms with van der Waals surface area (Å²) < 4.78 is 11.5. The molecule has 1 aromatic carbocycles. The number of nitrogens with one attached hydrogen (secondary N) is 2. The first-order chi connectivity index (χ1) is 12.3. The van der Waals surface area contributed by atoms with Crippen molar-refractivity contribution in [2.24, 2.45) is 0 Å². The van der Waals surface area contributed by atoms with Crippen LogP contribution in [0.25, 0.3) is 0 Å². The Bertz CT molecular complexity index is 526. The van der Waals surface area contributed by atoms with Gasteiger partial charge in [0.25, 0.3) is 0 Å². The van der Waals surface area contributed by atoms with Crippen LogP contribution in [-0.4, -0.2) is 62.5 Å². The molecule has 3 fully saturated rings. The SMILES string of the molecule is c1cc(OC2CCOCC2)ccc1CN1CCC2(CC1)CNCCN2. The van der Waals surface area contributed by atoms with E-state index in [9.17, 15) is 0 Å². The van der Waals surface area contributed by atoms with Crippen LogP contribution in [0.15, 0.2) is 24.3 Å². The summed E-state index contributed by atoms with van der Waals surface area (Å²) >= 11 is 0. The summed E-state index contributed by atoms with van der Waals surface area (Å²) in [5.74, 6) is 0.991. The molecule has 3 saturated heterocycles. The summed E-state index contributed by atoms with van der Waals surface area (Å²) in [5.41, 5.74) is 1.72. The van der Waals surface area contributed by atoms with Gasteiger partial charge < -0.3 is 20.1 Å². The van der Waals surface area contributed by atoms with Crippen LogP contribution in [0.3, 0.4) is 0 Å².